The number of hydrogen-bond acceptors (Lipinski definition) is 10. The number of methoxy groups -OCH3 is 1. The van der Waals surface area contributed by atoms with Crippen molar-refractivity contribution >= 4 is 44.9 Å². The average molecular weight is 747 g/mol. The SMILES string of the molecule is COc1ccc(C(=O)OC(Cc2c(Cl)c[n+]([O-])cc2Cl)c2ccc(OC(F)F)c(OCC3CC3)c2)cc1NS(=O)(=O)CCN1CCOCC1. The van der Waals surface area contributed by atoms with E-state index in [4.69, 9.17) is 42.1 Å². The highest BCUT2D eigenvalue weighted by Gasteiger charge is 2.27. The zero-order chi connectivity index (χ0) is 35.1. The number of sulfonamides is 1. The van der Waals surface area contributed by atoms with Gasteiger partial charge in [0.25, 0.3) is 0 Å². The Labute approximate surface area is 292 Å². The highest BCUT2D eigenvalue weighted by Crippen LogP contribution is 2.38. The molecule has 5 rings (SSSR count). The standard InChI is InChI=1S/C32H35Cl2F2N3O9S/c1-44-27-6-5-22(14-26(27)37-49(42,43)13-10-38-8-11-45-12-9-38)31(40)47-29(16-23-24(33)17-39(41)18-25(23)34)21-4-7-28(48-32(35)36)30(15-21)46-19-20-2-3-20/h4-7,14-15,17-18,20,29,32,37H,2-3,8-13,16,19H2,1H3. The van der Waals surface area contributed by atoms with E-state index in [2.05, 4.69) is 9.46 Å². The van der Waals surface area contributed by atoms with Crippen molar-refractivity contribution in [1.82, 2.24) is 4.90 Å². The number of rotatable bonds is 16. The number of benzene rings is 2. The van der Waals surface area contributed by atoms with Gasteiger partial charge in [-0.3, -0.25) is 9.62 Å². The number of halogens is 4. The Bertz CT molecular complexity index is 1720. The molecule has 1 saturated carbocycles. The van der Waals surface area contributed by atoms with Crippen LogP contribution in [-0.2, 0) is 25.9 Å². The summed E-state index contributed by atoms with van der Waals surface area (Å²) in [5, 5.41) is 11.9. The summed E-state index contributed by atoms with van der Waals surface area (Å²) in [7, 11) is -2.50. The van der Waals surface area contributed by atoms with E-state index in [9.17, 15) is 27.2 Å². The number of esters is 1. The van der Waals surface area contributed by atoms with Gasteiger partial charge >= 0.3 is 12.6 Å². The summed E-state index contributed by atoms with van der Waals surface area (Å²) >= 11 is 12.7. The molecule has 2 aliphatic rings. The molecule has 1 aliphatic carbocycles. The Morgan fingerprint density at radius 1 is 1.08 bits per heavy atom. The van der Waals surface area contributed by atoms with Crippen LogP contribution < -0.4 is 23.7 Å². The van der Waals surface area contributed by atoms with Crippen molar-refractivity contribution in [3.8, 4) is 17.2 Å². The molecule has 0 amide bonds. The molecule has 2 heterocycles. The van der Waals surface area contributed by atoms with E-state index in [0.29, 0.717) is 42.5 Å². The number of ether oxygens (including phenoxy) is 5. The first-order valence-corrected chi connectivity index (χ1v) is 17.8. The molecule has 1 aromatic heterocycles. The Hall–Kier alpha value is -3.63. The minimum atomic E-state index is -3.85. The van der Waals surface area contributed by atoms with Gasteiger partial charge in [-0.05, 0) is 54.7 Å². The summed E-state index contributed by atoms with van der Waals surface area (Å²) in [6.07, 6.45) is 2.81. The van der Waals surface area contributed by atoms with E-state index in [1.54, 1.807) is 0 Å². The minimum absolute atomic E-state index is 0.00429. The molecule has 1 saturated heterocycles. The lowest BCUT2D eigenvalue weighted by Gasteiger charge is -2.26. The van der Waals surface area contributed by atoms with Crippen LogP contribution in [-0.4, -0.2) is 78.2 Å². The van der Waals surface area contributed by atoms with Gasteiger partial charge in [-0.1, -0.05) is 29.3 Å². The van der Waals surface area contributed by atoms with Gasteiger partial charge in [0, 0.05) is 31.6 Å². The number of pyridine rings is 1. The van der Waals surface area contributed by atoms with Crippen molar-refractivity contribution in [2.45, 2.75) is 32.0 Å². The van der Waals surface area contributed by atoms with Crippen molar-refractivity contribution in [3.05, 3.63) is 80.7 Å². The fraction of sp³-hybridized carbons (Fsp3) is 0.438. The molecule has 17 heteroatoms. The number of morpholine rings is 1. The number of carbonyl (C=O) groups excluding carboxylic acids is 1. The topological polar surface area (TPSA) is 140 Å². The summed E-state index contributed by atoms with van der Waals surface area (Å²) in [4.78, 5) is 15.7. The zero-order valence-electron chi connectivity index (χ0n) is 26.4. The first kappa shape index (κ1) is 36.6. The predicted octanol–water partition coefficient (Wildman–Crippen LogP) is 5.24. The molecule has 0 spiro atoms. The maximum absolute atomic E-state index is 13.7. The lowest BCUT2D eigenvalue weighted by atomic mass is 10.0. The van der Waals surface area contributed by atoms with Crippen molar-refractivity contribution in [2.24, 2.45) is 5.92 Å². The smallest absolute Gasteiger partial charge is 0.387 e. The molecule has 12 nitrogen and oxygen atoms in total. The molecule has 0 radical (unpaired) electrons. The molecule has 49 heavy (non-hydrogen) atoms. The third-order valence-corrected chi connectivity index (χ3v) is 9.81. The van der Waals surface area contributed by atoms with Gasteiger partial charge in [0.1, 0.15) is 21.9 Å². The van der Waals surface area contributed by atoms with Crippen LogP contribution in [0.3, 0.4) is 0 Å². The van der Waals surface area contributed by atoms with Crippen LogP contribution in [0.2, 0.25) is 10.0 Å². The summed E-state index contributed by atoms with van der Waals surface area (Å²) in [5.74, 6) is -0.787. The third-order valence-electron chi connectivity index (χ3n) is 7.90. The van der Waals surface area contributed by atoms with E-state index >= 15 is 0 Å². The monoisotopic (exact) mass is 745 g/mol. The first-order valence-electron chi connectivity index (χ1n) is 15.4. The molecule has 0 bridgehead atoms. The highest BCUT2D eigenvalue weighted by molar-refractivity contribution is 7.92. The van der Waals surface area contributed by atoms with E-state index < -0.39 is 28.7 Å². The Morgan fingerprint density at radius 2 is 1.78 bits per heavy atom. The maximum Gasteiger partial charge on any atom is 0.387 e. The predicted molar refractivity (Wildman–Crippen MR) is 176 cm³/mol. The van der Waals surface area contributed by atoms with Gasteiger partial charge in [0.05, 0.1) is 43.9 Å². The second-order valence-corrected chi connectivity index (χ2v) is 14.2. The molecule has 3 aromatic rings. The molecule has 266 valence electrons. The van der Waals surface area contributed by atoms with Crippen molar-refractivity contribution in [3.63, 3.8) is 0 Å². The first-order chi connectivity index (χ1) is 23.4. The number of nitrogens with one attached hydrogen (secondary N) is 1. The van der Waals surface area contributed by atoms with Crippen molar-refractivity contribution in [2.75, 3.05) is 57.0 Å². The Balaban J connectivity index is 1.42. The Morgan fingerprint density at radius 3 is 2.43 bits per heavy atom. The van der Waals surface area contributed by atoms with Crippen LogP contribution in [0.1, 0.15) is 40.4 Å². The van der Waals surface area contributed by atoms with E-state index in [-0.39, 0.29) is 69.4 Å². The lowest BCUT2D eigenvalue weighted by molar-refractivity contribution is -0.605. The number of carbonyl (C=O) groups is 1. The minimum Gasteiger partial charge on any atom is -0.619 e. The summed E-state index contributed by atoms with van der Waals surface area (Å²) < 4.78 is 82.4. The number of alkyl halides is 2. The van der Waals surface area contributed by atoms with Crippen LogP contribution in [0, 0.1) is 11.1 Å². The Kier molecular flexibility index (Phi) is 12.3. The fourth-order valence-electron chi connectivity index (χ4n) is 5.07. The molecule has 1 atom stereocenters. The van der Waals surface area contributed by atoms with Gasteiger partial charge in [-0.25, -0.2) is 13.2 Å². The normalized spacial score (nSPS) is 15.9. The third kappa shape index (κ3) is 10.4. The van der Waals surface area contributed by atoms with E-state index in [0.717, 1.165) is 25.2 Å². The zero-order valence-corrected chi connectivity index (χ0v) is 28.7. The molecular formula is C32H35Cl2F2N3O9S. The highest BCUT2D eigenvalue weighted by atomic mass is 35.5. The summed E-state index contributed by atoms with van der Waals surface area (Å²) in [5.41, 5.74) is 0.602. The molecule has 2 aromatic carbocycles. The lowest BCUT2D eigenvalue weighted by Crippen LogP contribution is -2.39. The largest absolute Gasteiger partial charge is 0.619 e. The molecular weight excluding hydrogens is 711 g/mol. The number of anilines is 1. The second-order valence-electron chi connectivity index (χ2n) is 11.5. The van der Waals surface area contributed by atoms with Crippen molar-refractivity contribution < 1.29 is 50.4 Å². The fourth-order valence-corrected chi connectivity index (χ4v) is 6.76. The summed E-state index contributed by atoms with van der Waals surface area (Å²) in [6, 6.07) is 8.25. The van der Waals surface area contributed by atoms with Crippen LogP contribution in [0.15, 0.2) is 48.8 Å². The van der Waals surface area contributed by atoms with Crippen LogP contribution >= 0.6 is 23.2 Å². The van der Waals surface area contributed by atoms with Crippen LogP contribution in [0.4, 0.5) is 14.5 Å². The number of nitrogens with zero attached hydrogens (tertiary/aromatic N) is 2. The molecule has 1 aliphatic heterocycles. The quantitative estimate of drug-likeness (QED) is 0.118. The molecule has 2 fully saturated rings. The van der Waals surface area contributed by atoms with Gasteiger partial charge in [-0.2, -0.15) is 13.5 Å². The van der Waals surface area contributed by atoms with Gasteiger partial charge < -0.3 is 28.9 Å². The van der Waals surface area contributed by atoms with Crippen LogP contribution in [0.5, 0.6) is 17.2 Å². The number of aromatic nitrogens is 1. The summed E-state index contributed by atoms with van der Waals surface area (Å²) in [6.45, 7) is -0.253. The molecule has 1 N–H and O–H groups in total. The van der Waals surface area contributed by atoms with Crippen LogP contribution in [0.25, 0.3) is 0 Å². The second kappa shape index (κ2) is 16.4. The van der Waals surface area contributed by atoms with Gasteiger partial charge in [0.2, 0.25) is 10.0 Å². The maximum atomic E-state index is 13.7. The van der Waals surface area contributed by atoms with E-state index in [1.165, 1.54) is 43.5 Å². The van der Waals surface area contributed by atoms with Crippen molar-refractivity contribution in [1.29, 1.82) is 0 Å². The van der Waals surface area contributed by atoms with E-state index in [1.807, 2.05) is 4.90 Å². The number of hydrogen-bond donors (Lipinski definition) is 1. The average Bonchev–Trinajstić information content (AvgIpc) is 3.89. The molecule has 1 unspecified atom stereocenters. The van der Waals surface area contributed by atoms with Gasteiger partial charge in [-0.15, -0.1) is 0 Å². The van der Waals surface area contributed by atoms with Gasteiger partial charge in [0.15, 0.2) is 23.9 Å².